The molecule has 3 heterocycles. The van der Waals surface area contributed by atoms with Gasteiger partial charge in [0.25, 0.3) is 5.91 Å². The minimum atomic E-state index is -0.0742. The summed E-state index contributed by atoms with van der Waals surface area (Å²) in [5.41, 5.74) is 1.49. The topological polar surface area (TPSA) is 59.4 Å². The number of hydrogen-bond acceptors (Lipinski definition) is 4. The van der Waals surface area contributed by atoms with Crippen molar-refractivity contribution in [3.05, 3.63) is 17.5 Å². The van der Waals surface area contributed by atoms with Gasteiger partial charge in [-0.1, -0.05) is 13.8 Å². The Balaban J connectivity index is 1.58. The Kier molecular flexibility index (Phi) is 4.23. The van der Waals surface area contributed by atoms with E-state index in [2.05, 4.69) is 29.2 Å². The van der Waals surface area contributed by atoms with Gasteiger partial charge in [-0.05, 0) is 25.3 Å². The number of nitrogens with one attached hydrogen (secondary N) is 1. The van der Waals surface area contributed by atoms with E-state index in [1.807, 2.05) is 20.0 Å². The van der Waals surface area contributed by atoms with Crippen molar-refractivity contribution < 1.29 is 9.53 Å². The SMILES string of the molecule is Cc1cc(C(=O)N[C@H]2C[C@H]3CO[C@H](C(C)C)CN3C2)nn1C. The molecule has 1 aromatic rings. The number of fused-ring (bicyclic) bond motifs is 1. The zero-order valence-corrected chi connectivity index (χ0v) is 13.9. The molecule has 1 aromatic heterocycles. The van der Waals surface area contributed by atoms with Gasteiger partial charge in [0.2, 0.25) is 0 Å². The molecular weight excluding hydrogens is 280 g/mol. The fourth-order valence-corrected chi connectivity index (χ4v) is 3.34. The predicted octanol–water partition coefficient (Wildman–Crippen LogP) is 0.956. The number of rotatable bonds is 3. The van der Waals surface area contributed by atoms with Crippen LogP contribution >= 0.6 is 0 Å². The molecular formula is C16H26N4O2. The first-order valence-corrected chi connectivity index (χ1v) is 8.11. The molecule has 0 spiro atoms. The van der Waals surface area contributed by atoms with Crippen molar-refractivity contribution in [2.45, 2.75) is 45.4 Å². The lowest BCUT2D eigenvalue weighted by atomic mass is 10.0. The Morgan fingerprint density at radius 1 is 1.45 bits per heavy atom. The molecule has 0 bridgehead atoms. The van der Waals surface area contributed by atoms with Crippen molar-refractivity contribution >= 4 is 5.91 Å². The molecule has 6 nitrogen and oxygen atoms in total. The van der Waals surface area contributed by atoms with Crippen LogP contribution in [0.3, 0.4) is 0 Å². The standard InChI is InChI=1S/C16H26N4O2/c1-10(2)15-8-20-7-12(6-13(20)9-22-15)17-16(21)14-5-11(3)19(4)18-14/h5,10,12-13,15H,6-9H2,1-4H3,(H,17,21)/t12-,13-,15-/m0/s1. The molecule has 1 amide bonds. The summed E-state index contributed by atoms with van der Waals surface area (Å²) in [6.45, 7) is 9.00. The van der Waals surface area contributed by atoms with Crippen LogP contribution < -0.4 is 5.32 Å². The molecule has 0 radical (unpaired) electrons. The van der Waals surface area contributed by atoms with Gasteiger partial charge < -0.3 is 10.1 Å². The maximum atomic E-state index is 12.3. The number of ether oxygens (including phenoxy) is 1. The van der Waals surface area contributed by atoms with E-state index in [9.17, 15) is 4.79 Å². The summed E-state index contributed by atoms with van der Waals surface area (Å²) in [5, 5.41) is 7.37. The predicted molar refractivity (Wildman–Crippen MR) is 83.8 cm³/mol. The van der Waals surface area contributed by atoms with Crippen molar-refractivity contribution in [3.8, 4) is 0 Å². The number of amides is 1. The van der Waals surface area contributed by atoms with E-state index >= 15 is 0 Å². The van der Waals surface area contributed by atoms with Crippen molar-refractivity contribution in [1.82, 2.24) is 20.0 Å². The molecule has 122 valence electrons. The van der Waals surface area contributed by atoms with E-state index in [1.54, 1.807) is 4.68 Å². The van der Waals surface area contributed by atoms with Crippen molar-refractivity contribution in [2.75, 3.05) is 19.7 Å². The fourth-order valence-electron chi connectivity index (χ4n) is 3.34. The van der Waals surface area contributed by atoms with Crippen molar-refractivity contribution in [3.63, 3.8) is 0 Å². The van der Waals surface area contributed by atoms with Gasteiger partial charge >= 0.3 is 0 Å². The van der Waals surface area contributed by atoms with Gasteiger partial charge in [-0.25, -0.2) is 0 Å². The first-order chi connectivity index (χ1) is 10.4. The van der Waals surface area contributed by atoms with Crippen molar-refractivity contribution in [1.29, 1.82) is 0 Å². The van der Waals surface area contributed by atoms with Gasteiger partial charge in [-0.3, -0.25) is 14.4 Å². The second-order valence-electron chi connectivity index (χ2n) is 6.92. The van der Waals surface area contributed by atoms with Crippen LogP contribution in [0.5, 0.6) is 0 Å². The highest BCUT2D eigenvalue weighted by molar-refractivity contribution is 5.92. The van der Waals surface area contributed by atoms with Crippen LogP contribution in [-0.4, -0.2) is 58.5 Å². The van der Waals surface area contributed by atoms with Gasteiger partial charge in [0.05, 0.1) is 12.7 Å². The number of carbonyl (C=O) groups is 1. The maximum absolute atomic E-state index is 12.3. The first-order valence-electron chi connectivity index (χ1n) is 8.11. The maximum Gasteiger partial charge on any atom is 0.272 e. The van der Waals surface area contributed by atoms with Gasteiger partial charge in [-0.2, -0.15) is 5.10 Å². The molecule has 0 unspecified atom stereocenters. The normalized spacial score (nSPS) is 28.9. The van der Waals surface area contributed by atoms with Crippen LogP contribution in [0.25, 0.3) is 0 Å². The average Bonchev–Trinajstić information content (AvgIpc) is 3.01. The monoisotopic (exact) mass is 306 g/mol. The summed E-state index contributed by atoms with van der Waals surface area (Å²) in [5.74, 6) is 0.459. The van der Waals surface area contributed by atoms with E-state index in [0.29, 0.717) is 23.8 Å². The van der Waals surface area contributed by atoms with Gasteiger partial charge in [0.1, 0.15) is 5.69 Å². The zero-order valence-electron chi connectivity index (χ0n) is 13.9. The first kappa shape index (κ1) is 15.5. The highest BCUT2D eigenvalue weighted by atomic mass is 16.5. The Labute approximate surface area is 131 Å². The lowest BCUT2D eigenvalue weighted by Crippen LogP contribution is -2.48. The fraction of sp³-hybridized carbons (Fsp3) is 0.750. The lowest BCUT2D eigenvalue weighted by molar-refractivity contribution is -0.0683. The third-order valence-electron chi connectivity index (χ3n) is 4.87. The largest absolute Gasteiger partial charge is 0.375 e. The van der Waals surface area contributed by atoms with E-state index in [-0.39, 0.29) is 11.9 Å². The Hall–Kier alpha value is -1.40. The molecule has 2 aliphatic heterocycles. The molecule has 3 rings (SSSR count). The summed E-state index contributed by atoms with van der Waals surface area (Å²) < 4.78 is 7.67. The van der Waals surface area contributed by atoms with Crippen LogP contribution in [-0.2, 0) is 11.8 Å². The van der Waals surface area contributed by atoms with E-state index in [1.165, 1.54) is 0 Å². The van der Waals surface area contributed by atoms with Gasteiger partial charge in [-0.15, -0.1) is 0 Å². The van der Waals surface area contributed by atoms with Crippen LogP contribution in [0, 0.1) is 12.8 Å². The molecule has 2 aliphatic rings. The zero-order chi connectivity index (χ0) is 15.9. The molecule has 6 heteroatoms. The summed E-state index contributed by atoms with van der Waals surface area (Å²) in [6, 6.07) is 2.45. The highest BCUT2D eigenvalue weighted by Crippen LogP contribution is 2.25. The molecule has 2 fully saturated rings. The Morgan fingerprint density at radius 3 is 2.86 bits per heavy atom. The van der Waals surface area contributed by atoms with Gasteiger partial charge in [0, 0.05) is 37.9 Å². The number of morpholine rings is 1. The summed E-state index contributed by atoms with van der Waals surface area (Å²) in [6.07, 6.45) is 1.27. The number of aromatic nitrogens is 2. The summed E-state index contributed by atoms with van der Waals surface area (Å²) in [4.78, 5) is 14.8. The summed E-state index contributed by atoms with van der Waals surface area (Å²) >= 11 is 0. The number of hydrogen-bond donors (Lipinski definition) is 1. The molecule has 2 saturated heterocycles. The molecule has 0 aromatic carbocycles. The minimum Gasteiger partial charge on any atom is -0.375 e. The smallest absolute Gasteiger partial charge is 0.272 e. The quantitative estimate of drug-likeness (QED) is 0.903. The second-order valence-corrected chi connectivity index (χ2v) is 6.92. The van der Waals surface area contributed by atoms with Crippen LogP contribution in [0.15, 0.2) is 6.07 Å². The number of aryl methyl sites for hydroxylation is 2. The molecule has 1 N–H and O–H groups in total. The molecule has 0 saturated carbocycles. The third kappa shape index (κ3) is 3.03. The average molecular weight is 306 g/mol. The number of nitrogens with zero attached hydrogens (tertiary/aromatic N) is 3. The number of carbonyl (C=O) groups excluding carboxylic acids is 1. The Morgan fingerprint density at radius 2 is 2.23 bits per heavy atom. The van der Waals surface area contributed by atoms with Crippen LogP contribution in [0.4, 0.5) is 0 Å². The second kappa shape index (κ2) is 6.01. The Bertz CT molecular complexity index is 535. The summed E-state index contributed by atoms with van der Waals surface area (Å²) in [7, 11) is 1.85. The highest BCUT2D eigenvalue weighted by Gasteiger charge is 2.38. The minimum absolute atomic E-state index is 0.0742. The van der Waals surface area contributed by atoms with Crippen LogP contribution in [0.2, 0.25) is 0 Å². The molecule has 3 atom stereocenters. The van der Waals surface area contributed by atoms with Gasteiger partial charge in [0.15, 0.2) is 0 Å². The van der Waals surface area contributed by atoms with Crippen molar-refractivity contribution in [2.24, 2.45) is 13.0 Å². The van der Waals surface area contributed by atoms with E-state index < -0.39 is 0 Å². The molecule has 22 heavy (non-hydrogen) atoms. The molecule has 0 aliphatic carbocycles. The van der Waals surface area contributed by atoms with Crippen LogP contribution in [0.1, 0.15) is 36.5 Å². The lowest BCUT2D eigenvalue weighted by Gasteiger charge is -2.36. The third-order valence-corrected chi connectivity index (χ3v) is 4.87. The van der Waals surface area contributed by atoms with E-state index in [4.69, 9.17) is 4.74 Å². The van der Waals surface area contributed by atoms with E-state index in [0.717, 1.165) is 31.8 Å².